The fourth-order valence-corrected chi connectivity index (χ4v) is 3.59. The number of fused-ring (bicyclic) bond motifs is 1. The van der Waals surface area contributed by atoms with Crippen LogP contribution in [0.4, 0.5) is 17.3 Å². The molecule has 0 atom stereocenters. The molecule has 0 aliphatic carbocycles. The molecule has 0 unspecified atom stereocenters. The Hall–Kier alpha value is -3.15. The average Bonchev–Trinajstić information content (AvgIpc) is 2.72. The van der Waals surface area contributed by atoms with Crippen molar-refractivity contribution >= 4 is 18.0 Å². The van der Waals surface area contributed by atoms with E-state index in [2.05, 4.69) is 116 Å². The van der Waals surface area contributed by atoms with Gasteiger partial charge in [-0.1, -0.05) is 66.7 Å². The Morgan fingerprint density at radius 1 is 0.645 bits per heavy atom. The summed E-state index contributed by atoms with van der Waals surface area (Å²) in [6.07, 6.45) is 2.30. The number of pyridine rings is 1. The van der Waals surface area contributed by atoms with E-state index >= 15 is 0 Å². The molecule has 31 heavy (non-hydrogen) atoms. The minimum atomic E-state index is -6.00. The summed E-state index contributed by atoms with van der Waals surface area (Å²) in [5, 5.41) is 2.55. The van der Waals surface area contributed by atoms with Crippen molar-refractivity contribution in [2.24, 2.45) is 0 Å². The van der Waals surface area contributed by atoms with Crippen molar-refractivity contribution in [3.05, 3.63) is 91.1 Å². The van der Waals surface area contributed by atoms with Gasteiger partial charge in [-0.25, -0.2) is 0 Å². The maximum absolute atomic E-state index is 9.75. The maximum Gasteiger partial charge on any atom is 0.673 e. The van der Waals surface area contributed by atoms with Gasteiger partial charge >= 0.3 is 7.25 Å². The third kappa shape index (κ3) is 5.72. The number of hydrogen-bond donors (Lipinski definition) is 0. The van der Waals surface area contributed by atoms with Crippen molar-refractivity contribution in [3.63, 3.8) is 0 Å². The Kier molecular flexibility index (Phi) is 6.49. The second-order valence-electron chi connectivity index (χ2n) is 8.21. The second kappa shape index (κ2) is 8.92. The lowest BCUT2D eigenvalue weighted by molar-refractivity contribution is -0.742. The molecule has 1 heterocycles. The Morgan fingerprint density at radius 2 is 1.10 bits per heavy atom. The first-order valence-corrected chi connectivity index (χ1v) is 10.0. The van der Waals surface area contributed by atoms with Gasteiger partial charge in [-0.05, 0) is 23.8 Å². The zero-order chi connectivity index (χ0) is 22.6. The number of halogens is 4. The molecule has 6 heteroatoms. The van der Waals surface area contributed by atoms with Gasteiger partial charge in [-0.15, -0.1) is 0 Å². The fraction of sp³-hybridized carbons (Fsp3) is 0.160. The SMILES string of the molecule is CC(C)(C)[n+]1cc2ccccc2c(-c2ccccc2)c1-c1ccccc1.F[B-](F)(F)F. The Bertz CT molecular complexity index is 1150. The zero-order valence-corrected chi connectivity index (χ0v) is 17.7. The van der Waals surface area contributed by atoms with E-state index in [9.17, 15) is 17.3 Å². The van der Waals surface area contributed by atoms with Crippen molar-refractivity contribution in [2.45, 2.75) is 26.3 Å². The molecule has 4 aromatic rings. The summed E-state index contributed by atoms with van der Waals surface area (Å²) in [5.41, 5.74) is 5.03. The lowest BCUT2D eigenvalue weighted by Gasteiger charge is -2.21. The fourth-order valence-electron chi connectivity index (χ4n) is 3.59. The van der Waals surface area contributed by atoms with E-state index in [1.807, 2.05) is 0 Å². The smallest absolute Gasteiger partial charge is 0.418 e. The Morgan fingerprint density at radius 3 is 1.61 bits per heavy atom. The van der Waals surface area contributed by atoms with E-state index in [0.717, 1.165) is 0 Å². The number of rotatable bonds is 2. The highest BCUT2D eigenvalue weighted by Gasteiger charge is 2.31. The van der Waals surface area contributed by atoms with Gasteiger partial charge in [-0.3, -0.25) is 0 Å². The largest absolute Gasteiger partial charge is 0.673 e. The van der Waals surface area contributed by atoms with E-state index in [0.29, 0.717) is 0 Å². The van der Waals surface area contributed by atoms with E-state index in [1.54, 1.807) is 0 Å². The van der Waals surface area contributed by atoms with Crippen LogP contribution in [-0.2, 0) is 5.54 Å². The molecule has 0 amide bonds. The summed E-state index contributed by atoms with van der Waals surface area (Å²) in [6, 6.07) is 30.1. The number of benzene rings is 3. The van der Waals surface area contributed by atoms with Crippen molar-refractivity contribution < 1.29 is 21.8 Å². The molecular weight excluding hydrogens is 401 g/mol. The molecule has 3 aromatic carbocycles. The van der Waals surface area contributed by atoms with Gasteiger partial charge in [-0.2, -0.15) is 4.57 Å². The monoisotopic (exact) mass is 425 g/mol. The summed E-state index contributed by atoms with van der Waals surface area (Å²) in [5.74, 6) is 0. The molecule has 4 rings (SSSR count). The maximum atomic E-state index is 9.75. The second-order valence-corrected chi connectivity index (χ2v) is 8.21. The molecule has 0 aliphatic heterocycles. The summed E-state index contributed by atoms with van der Waals surface area (Å²) < 4.78 is 41.4. The van der Waals surface area contributed by atoms with Gasteiger partial charge in [0.25, 0.3) is 0 Å². The van der Waals surface area contributed by atoms with Crippen LogP contribution in [0.25, 0.3) is 33.2 Å². The van der Waals surface area contributed by atoms with Crippen LogP contribution in [0.15, 0.2) is 91.1 Å². The predicted molar refractivity (Wildman–Crippen MR) is 120 cm³/mol. The molecule has 1 aromatic heterocycles. The topological polar surface area (TPSA) is 3.88 Å². The Labute approximate surface area is 180 Å². The van der Waals surface area contributed by atoms with E-state index in [-0.39, 0.29) is 5.54 Å². The number of nitrogens with zero attached hydrogens (tertiary/aromatic N) is 1. The van der Waals surface area contributed by atoms with E-state index in [1.165, 1.54) is 33.2 Å². The van der Waals surface area contributed by atoms with Crippen molar-refractivity contribution in [1.29, 1.82) is 0 Å². The third-order valence-corrected chi connectivity index (χ3v) is 4.81. The Balaban J connectivity index is 0.000000491. The van der Waals surface area contributed by atoms with Crippen molar-refractivity contribution in [3.8, 4) is 22.4 Å². The molecule has 0 bridgehead atoms. The molecule has 0 saturated carbocycles. The van der Waals surface area contributed by atoms with Gasteiger partial charge < -0.3 is 17.3 Å². The minimum absolute atomic E-state index is 0.0290. The highest BCUT2D eigenvalue weighted by molar-refractivity contribution is 6.50. The predicted octanol–water partition coefficient (Wildman–Crippen LogP) is 7.52. The van der Waals surface area contributed by atoms with E-state index < -0.39 is 7.25 Å². The van der Waals surface area contributed by atoms with Crippen LogP contribution < -0.4 is 4.57 Å². The highest BCUT2D eigenvalue weighted by atomic mass is 19.5. The zero-order valence-electron chi connectivity index (χ0n) is 17.7. The quantitative estimate of drug-likeness (QED) is 0.178. The molecule has 0 saturated heterocycles. The molecule has 0 fully saturated rings. The van der Waals surface area contributed by atoms with Crippen LogP contribution >= 0.6 is 0 Å². The molecule has 0 aliphatic rings. The summed E-state index contributed by atoms with van der Waals surface area (Å²) in [7, 11) is -6.00. The number of hydrogen-bond acceptors (Lipinski definition) is 0. The number of aromatic nitrogens is 1. The summed E-state index contributed by atoms with van der Waals surface area (Å²) in [4.78, 5) is 0. The lowest BCUT2D eigenvalue weighted by Crippen LogP contribution is -2.51. The normalized spacial score (nSPS) is 11.7. The van der Waals surface area contributed by atoms with Crippen LogP contribution in [0.1, 0.15) is 20.8 Å². The van der Waals surface area contributed by atoms with Gasteiger partial charge in [0, 0.05) is 37.1 Å². The average molecular weight is 425 g/mol. The highest BCUT2D eigenvalue weighted by Crippen LogP contribution is 2.36. The van der Waals surface area contributed by atoms with Gasteiger partial charge in [0.2, 0.25) is 5.69 Å². The lowest BCUT2D eigenvalue weighted by atomic mass is 9.92. The van der Waals surface area contributed by atoms with Crippen LogP contribution in [0.3, 0.4) is 0 Å². The first-order chi connectivity index (χ1) is 14.6. The van der Waals surface area contributed by atoms with Crippen LogP contribution in [0.5, 0.6) is 0 Å². The third-order valence-electron chi connectivity index (χ3n) is 4.81. The first-order valence-electron chi connectivity index (χ1n) is 10.0. The summed E-state index contributed by atoms with van der Waals surface area (Å²) in [6.45, 7) is 6.80. The van der Waals surface area contributed by atoms with Crippen molar-refractivity contribution in [1.82, 2.24) is 0 Å². The van der Waals surface area contributed by atoms with Gasteiger partial charge in [0.05, 0.1) is 5.56 Å². The van der Waals surface area contributed by atoms with Gasteiger partial charge in [0.15, 0.2) is 11.7 Å². The van der Waals surface area contributed by atoms with Crippen LogP contribution in [0, 0.1) is 0 Å². The van der Waals surface area contributed by atoms with Gasteiger partial charge in [0.1, 0.15) is 0 Å². The molecular formula is C25H24BF4N. The standard InChI is InChI=1S/C25H24N.BF4/c1-25(2,3)26-18-21-16-10-11-17-22(21)23(19-12-6-4-7-13-19)24(26)20-14-8-5-9-15-20;2-1(3,4)5/h4-18H,1-3H3;/q+1;-1. The molecule has 0 spiro atoms. The molecule has 0 N–H and O–H groups in total. The van der Waals surface area contributed by atoms with Crippen LogP contribution in [-0.4, -0.2) is 7.25 Å². The van der Waals surface area contributed by atoms with Crippen LogP contribution in [0.2, 0.25) is 0 Å². The van der Waals surface area contributed by atoms with Crippen molar-refractivity contribution in [2.75, 3.05) is 0 Å². The molecule has 0 radical (unpaired) electrons. The first kappa shape index (κ1) is 22.5. The minimum Gasteiger partial charge on any atom is -0.418 e. The molecule has 160 valence electrons. The molecule has 1 nitrogen and oxygen atoms in total. The summed E-state index contributed by atoms with van der Waals surface area (Å²) >= 11 is 0. The van der Waals surface area contributed by atoms with E-state index in [4.69, 9.17) is 0 Å².